The summed E-state index contributed by atoms with van der Waals surface area (Å²) in [5.41, 5.74) is 6.39. The summed E-state index contributed by atoms with van der Waals surface area (Å²) in [6, 6.07) is 0. The number of rotatable bonds is 2. The highest BCUT2D eigenvalue weighted by Crippen LogP contribution is 1.99. The van der Waals surface area contributed by atoms with E-state index in [9.17, 15) is 0 Å². The smallest absolute Gasteiger partial charge is 0.0141 e. The topological polar surface area (TPSA) is 26.0 Å². The van der Waals surface area contributed by atoms with Gasteiger partial charge in [-0.05, 0) is 18.1 Å². The van der Waals surface area contributed by atoms with Crippen molar-refractivity contribution in [2.75, 3.05) is 6.26 Å². The molecule has 0 aliphatic heterocycles. The van der Waals surface area contributed by atoms with Crippen LogP contribution in [-0.4, -0.2) is 6.26 Å². The Morgan fingerprint density at radius 3 is 2.57 bits per heavy atom. The second-order valence-electron chi connectivity index (χ2n) is 1.28. The number of hydrogen-bond donors (Lipinski definition) is 1. The molecule has 0 aliphatic carbocycles. The Kier molecular flexibility index (Phi) is 4.00. The van der Waals surface area contributed by atoms with Crippen LogP contribution < -0.4 is 5.73 Å². The third-order valence-corrected chi connectivity index (χ3v) is 1.22. The Morgan fingerprint density at radius 2 is 2.43 bits per heavy atom. The first-order chi connectivity index (χ1) is 3.31. The minimum Gasteiger partial charge on any atom is -0.402 e. The monoisotopic (exact) mass is 117 g/mol. The number of thioether (sulfide) groups is 1. The summed E-state index contributed by atoms with van der Waals surface area (Å²) >= 11 is 1.65. The highest BCUT2D eigenvalue weighted by atomic mass is 32.2. The maximum atomic E-state index is 5.42. The lowest BCUT2D eigenvalue weighted by molar-refractivity contribution is 1.08. The van der Waals surface area contributed by atoms with Crippen molar-refractivity contribution in [3.63, 3.8) is 0 Å². The number of hydrogen-bond acceptors (Lipinski definition) is 2. The van der Waals surface area contributed by atoms with Gasteiger partial charge in [-0.2, -0.15) is 0 Å². The molecule has 42 valence electrons. The van der Waals surface area contributed by atoms with Gasteiger partial charge >= 0.3 is 0 Å². The van der Waals surface area contributed by atoms with E-state index in [0.717, 1.165) is 12.1 Å². The Labute approximate surface area is 49.0 Å². The van der Waals surface area contributed by atoms with Gasteiger partial charge in [0.2, 0.25) is 0 Å². The highest BCUT2D eigenvalue weighted by Gasteiger charge is 1.77. The molecular formula is C5H11NS. The summed E-state index contributed by atoms with van der Waals surface area (Å²) in [6.45, 7) is 2.04. The molecule has 2 N–H and O–H groups in total. The first-order valence-corrected chi connectivity index (χ1v) is 3.57. The van der Waals surface area contributed by atoms with Gasteiger partial charge in [0.25, 0.3) is 0 Å². The van der Waals surface area contributed by atoms with E-state index in [2.05, 4.69) is 0 Å². The summed E-state index contributed by atoms with van der Waals surface area (Å²) < 4.78 is 0. The van der Waals surface area contributed by atoms with Crippen molar-refractivity contribution in [2.45, 2.75) is 13.3 Å². The molecule has 2 heteroatoms. The molecule has 0 amide bonds. The van der Waals surface area contributed by atoms with Gasteiger partial charge in [0.05, 0.1) is 0 Å². The molecule has 0 saturated heterocycles. The van der Waals surface area contributed by atoms with E-state index in [1.54, 1.807) is 11.8 Å². The van der Waals surface area contributed by atoms with Crippen LogP contribution in [0.5, 0.6) is 0 Å². The van der Waals surface area contributed by atoms with E-state index >= 15 is 0 Å². The van der Waals surface area contributed by atoms with Crippen molar-refractivity contribution in [3.05, 3.63) is 11.1 Å². The Balaban J connectivity index is 3.29. The number of nitrogens with two attached hydrogens (primary N) is 1. The zero-order valence-corrected chi connectivity index (χ0v) is 5.59. The van der Waals surface area contributed by atoms with Crippen molar-refractivity contribution >= 4 is 11.8 Å². The van der Waals surface area contributed by atoms with Gasteiger partial charge in [0.15, 0.2) is 0 Å². The van der Waals surface area contributed by atoms with Crippen LogP contribution in [0.3, 0.4) is 0 Å². The highest BCUT2D eigenvalue weighted by molar-refractivity contribution is 8.01. The quantitative estimate of drug-likeness (QED) is 0.594. The summed E-state index contributed by atoms with van der Waals surface area (Å²) in [5, 5.41) is 1.96. The minimum atomic E-state index is 0.959. The summed E-state index contributed by atoms with van der Waals surface area (Å²) in [5.74, 6) is 0. The number of allylic oxidation sites excluding steroid dienone is 1. The van der Waals surface area contributed by atoms with E-state index < -0.39 is 0 Å². The molecule has 0 saturated carbocycles. The summed E-state index contributed by atoms with van der Waals surface area (Å²) in [6.07, 6.45) is 2.96. The fourth-order valence-electron chi connectivity index (χ4n) is 0.235. The Hall–Kier alpha value is -0.110. The molecular weight excluding hydrogens is 106 g/mol. The van der Waals surface area contributed by atoms with E-state index in [0.29, 0.717) is 0 Å². The molecule has 0 heterocycles. The van der Waals surface area contributed by atoms with E-state index in [1.807, 2.05) is 18.6 Å². The van der Waals surface area contributed by atoms with Crippen LogP contribution in [0.1, 0.15) is 13.3 Å². The third kappa shape index (κ3) is 3.73. The first kappa shape index (κ1) is 6.89. The molecule has 0 bridgehead atoms. The van der Waals surface area contributed by atoms with Gasteiger partial charge in [0.1, 0.15) is 0 Å². The van der Waals surface area contributed by atoms with Gasteiger partial charge in [-0.15, -0.1) is 11.8 Å². The zero-order chi connectivity index (χ0) is 5.70. The molecule has 0 radical (unpaired) electrons. The normalized spacial score (nSPS) is 12.0. The molecule has 0 fully saturated rings. The fraction of sp³-hybridized carbons (Fsp3) is 0.600. The van der Waals surface area contributed by atoms with Crippen molar-refractivity contribution in [1.82, 2.24) is 0 Å². The second kappa shape index (κ2) is 4.06. The Morgan fingerprint density at radius 1 is 1.86 bits per heavy atom. The van der Waals surface area contributed by atoms with E-state index in [-0.39, 0.29) is 0 Å². The Bertz CT molecular complexity index is 68.5. The molecule has 0 unspecified atom stereocenters. The van der Waals surface area contributed by atoms with Crippen LogP contribution in [0, 0.1) is 0 Å². The first-order valence-electron chi connectivity index (χ1n) is 2.28. The largest absolute Gasteiger partial charge is 0.402 e. The average Bonchev–Trinajstić information content (AvgIpc) is 1.68. The molecule has 0 spiro atoms. The van der Waals surface area contributed by atoms with Crippen LogP contribution in [-0.2, 0) is 0 Å². The minimum absolute atomic E-state index is 0.959. The van der Waals surface area contributed by atoms with Crippen LogP contribution in [0.4, 0.5) is 0 Å². The van der Waals surface area contributed by atoms with Gasteiger partial charge in [-0.3, -0.25) is 0 Å². The van der Waals surface area contributed by atoms with Gasteiger partial charge in [-0.1, -0.05) is 6.92 Å². The van der Waals surface area contributed by atoms with Crippen LogP contribution in [0.2, 0.25) is 0 Å². The molecule has 0 atom stereocenters. The van der Waals surface area contributed by atoms with E-state index in [4.69, 9.17) is 5.73 Å². The molecule has 0 aliphatic rings. The second-order valence-corrected chi connectivity index (χ2v) is 1.99. The van der Waals surface area contributed by atoms with Crippen molar-refractivity contribution in [2.24, 2.45) is 5.73 Å². The standard InChI is InChI=1S/C5H11NS/c1-3-5(6)4-7-2/h4H,3,6H2,1-2H3. The third-order valence-electron chi connectivity index (χ3n) is 0.677. The lowest BCUT2D eigenvalue weighted by Gasteiger charge is -1.89. The van der Waals surface area contributed by atoms with Crippen LogP contribution >= 0.6 is 11.8 Å². The van der Waals surface area contributed by atoms with Gasteiger partial charge in [-0.25, -0.2) is 0 Å². The van der Waals surface area contributed by atoms with E-state index in [1.165, 1.54) is 0 Å². The average molecular weight is 117 g/mol. The maximum Gasteiger partial charge on any atom is 0.0141 e. The molecule has 0 aromatic heterocycles. The van der Waals surface area contributed by atoms with Crippen molar-refractivity contribution < 1.29 is 0 Å². The lowest BCUT2D eigenvalue weighted by atomic mass is 10.4. The summed E-state index contributed by atoms with van der Waals surface area (Å²) in [7, 11) is 0. The fourth-order valence-corrected chi connectivity index (χ4v) is 0.704. The molecule has 0 aromatic carbocycles. The predicted octanol–water partition coefficient (Wildman–Crippen LogP) is 1.56. The summed E-state index contributed by atoms with van der Waals surface area (Å²) in [4.78, 5) is 0. The van der Waals surface area contributed by atoms with Crippen molar-refractivity contribution in [1.29, 1.82) is 0 Å². The SMILES string of the molecule is CCC(N)=CSC. The van der Waals surface area contributed by atoms with Crippen LogP contribution in [0.25, 0.3) is 0 Å². The lowest BCUT2D eigenvalue weighted by Crippen LogP contribution is -1.91. The van der Waals surface area contributed by atoms with Gasteiger partial charge < -0.3 is 5.73 Å². The van der Waals surface area contributed by atoms with Crippen LogP contribution in [0.15, 0.2) is 11.1 Å². The maximum absolute atomic E-state index is 5.42. The molecule has 1 nitrogen and oxygen atoms in total. The molecule has 7 heavy (non-hydrogen) atoms. The molecule has 0 rings (SSSR count). The zero-order valence-electron chi connectivity index (χ0n) is 4.77. The van der Waals surface area contributed by atoms with Gasteiger partial charge in [0, 0.05) is 5.70 Å². The molecule has 0 aromatic rings. The van der Waals surface area contributed by atoms with Crippen molar-refractivity contribution in [3.8, 4) is 0 Å². The predicted molar refractivity (Wildman–Crippen MR) is 36.1 cm³/mol.